The van der Waals surface area contributed by atoms with E-state index in [1.54, 1.807) is 6.07 Å². The lowest BCUT2D eigenvalue weighted by molar-refractivity contribution is 0.602. The van der Waals surface area contributed by atoms with E-state index >= 15 is 0 Å². The van der Waals surface area contributed by atoms with Crippen LogP contribution in [0, 0.1) is 19.7 Å². The molecule has 3 nitrogen and oxygen atoms in total. The van der Waals surface area contributed by atoms with E-state index in [4.69, 9.17) is 10.2 Å². The van der Waals surface area contributed by atoms with Crippen LogP contribution in [0.1, 0.15) is 10.4 Å². The van der Waals surface area contributed by atoms with E-state index in [2.05, 4.69) is 4.98 Å². The molecule has 2 heterocycles. The van der Waals surface area contributed by atoms with E-state index in [1.165, 1.54) is 23.5 Å². The van der Waals surface area contributed by atoms with Crippen molar-refractivity contribution in [2.75, 3.05) is 5.73 Å². The summed E-state index contributed by atoms with van der Waals surface area (Å²) in [5.74, 6) is 0.117. The number of nitrogens with zero attached hydrogens (tertiary/aromatic N) is 1. The number of thiophene rings is 1. The van der Waals surface area contributed by atoms with Gasteiger partial charge < -0.3 is 10.2 Å². The molecule has 0 aliphatic heterocycles. The quantitative estimate of drug-likeness (QED) is 0.723. The van der Waals surface area contributed by atoms with Gasteiger partial charge in [0, 0.05) is 10.9 Å². The van der Waals surface area contributed by atoms with Crippen molar-refractivity contribution in [1.82, 2.24) is 4.98 Å². The van der Waals surface area contributed by atoms with Gasteiger partial charge in [0.25, 0.3) is 0 Å². The molecule has 18 heavy (non-hydrogen) atoms. The highest BCUT2D eigenvalue weighted by Crippen LogP contribution is 2.38. The van der Waals surface area contributed by atoms with Crippen LogP contribution in [-0.2, 0) is 0 Å². The minimum absolute atomic E-state index is 0.337. The minimum Gasteiger partial charge on any atom is -0.436 e. The Bertz CT molecular complexity index is 745. The number of aromatic nitrogens is 1. The number of nitrogen functional groups attached to an aromatic ring is 1. The number of fused-ring (bicyclic) bond motifs is 1. The summed E-state index contributed by atoms with van der Waals surface area (Å²) in [4.78, 5) is 5.49. The standard InChI is InChI=1S/C13H11FN2OS/c1-6-7(2)18-12(15)11(6)13-16-9-4-3-8(14)5-10(9)17-13/h3-5H,15H2,1-2H3. The highest BCUT2D eigenvalue weighted by molar-refractivity contribution is 7.16. The molecule has 0 amide bonds. The van der Waals surface area contributed by atoms with Crippen molar-refractivity contribution >= 4 is 27.4 Å². The minimum atomic E-state index is -0.337. The molecular weight excluding hydrogens is 251 g/mol. The molecule has 3 aromatic rings. The maximum absolute atomic E-state index is 13.1. The van der Waals surface area contributed by atoms with Crippen molar-refractivity contribution in [2.24, 2.45) is 0 Å². The van der Waals surface area contributed by atoms with Crippen LogP contribution in [-0.4, -0.2) is 4.98 Å². The van der Waals surface area contributed by atoms with Gasteiger partial charge in [0.15, 0.2) is 5.58 Å². The summed E-state index contributed by atoms with van der Waals surface area (Å²) >= 11 is 1.51. The fourth-order valence-electron chi connectivity index (χ4n) is 1.92. The van der Waals surface area contributed by atoms with Gasteiger partial charge in [0.05, 0.1) is 10.6 Å². The largest absolute Gasteiger partial charge is 0.436 e. The van der Waals surface area contributed by atoms with Gasteiger partial charge in [-0.2, -0.15) is 0 Å². The maximum atomic E-state index is 13.1. The monoisotopic (exact) mass is 262 g/mol. The van der Waals surface area contributed by atoms with Gasteiger partial charge >= 0.3 is 0 Å². The third kappa shape index (κ3) is 1.59. The fourth-order valence-corrected chi connectivity index (χ4v) is 2.85. The molecule has 0 unspecified atom stereocenters. The van der Waals surface area contributed by atoms with E-state index < -0.39 is 0 Å². The van der Waals surface area contributed by atoms with E-state index in [9.17, 15) is 4.39 Å². The zero-order valence-electron chi connectivity index (χ0n) is 9.95. The average molecular weight is 262 g/mol. The second-order valence-corrected chi connectivity index (χ2v) is 5.41. The molecule has 5 heteroatoms. The molecule has 0 atom stereocenters. The molecule has 2 aromatic heterocycles. The Morgan fingerprint density at radius 1 is 1.33 bits per heavy atom. The maximum Gasteiger partial charge on any atom is 0.230 e. The molecule has 3 rings (SSSR count). The van der Waals surface area contributed by atoms with Gasteiger partial charge in [-0.3, -0.25) is 0 Å². The van der Waals surface area contributed by atoms with Crippen LogP contribution < -0.4 is 5.73 Å². The van der Waals surface area contributed by atoms with Gasteiger partial charge in [0.1, 0.15) is 11.3 Å². The first-order valence-corrected chi connectivity index (χ1v) is 6.30. The van der Waals surface area contributed by atoms with Crippen molar-refractivity contribution in [3.63, 3.8) is 0 Å². The van der Waals surface area contributed by atoms with Gasteiger partial charge in [-0.15, -0.1) is 11.3 Å². The molecule has 0 fully saturated rings. The summed E-state index contributed by atoms with van der Waals surface area (Å²) in [6, 6.07) is 4.29. The lowest BCUT2D eigenvalue weighted by atomic mass is 10.1. The number of anilines is 1. The highest BCUT2D eigenvalue weighted by atomic mass is 32.1. The number of halogens is 1. The Morgan fingerprint density at radius 3 is 2.78 bits per heavy atom. The highest BCUT2D eigenvalue weighted by Gasteiger charge is 2.17. The fraction of sp³-hybridized carbons (Fsp3) is 0.154. The number of aryl methyl sites for hydroxylation is 1. The molecule has 0 bridgehead atoms. The van der Waals surface area contributed by atoms with Gasteiger partial charge in [-0.25, -0.2) is 9.37 Å². The van der Waals surface area contributed by atoms with Crippen molar-refractivity contribution in [3.05, 3.63) is 34.5 Å². The summed E-state index contributed by atoms with van der Waals surface area (Å²) in [6.07, 6.45) is 0. The summed E-state index contributed by atoms with van der Waals surface area (Å²) in [5, 5.41) is 0.678. The smallest absolute Gasteiger partial charge is 0.230 e. The summed E-state index contributed by atoms with van der Waals surface area (Å²) in [6.45, 7) is 3.98. The zero-order valence-corrected chi connectivity index (χ0v) is 10.8. The topological polar surface area (TPSA) is 52.0 Å². The number of rotatable bonds is 1. The van der Waals surface area contributed by atoms with Crippen molar-refractivity contribution < 1.29 is 8.81 Å². The van der Waals surface area contributed by atoms with Gasteiger partial charge in [-0.05, 0) is 31.5 Å². The first kappa shape index (κ1) is 11.2. The van der Waals surface area contributed by atoms with Crippen molar-refractivity contribution in [3.8, 4) is 11.5 Å². The van der Waals surface area contributed by atoms with Crippen molar-refractivity contribution in [1.29, 1.82) is 0 Å². The van der Waals surface area contributed by atoms with E-state index in [-0.39, 0.29) is 5.82 Å². The predicted molar refractivity (Wildman–Crippen MR) is 71.2 cm³/mol. The van der Waals surface area contributed by atoms with Crippen LogP contribution in [0.4, 0.5) is 9.39 Å². The van der Waals surface area contributed by atoms with Crippen LogP contribution in [0.5, 0.6) is 0 Å². The Kier molecular flexibility index (Phi) is 2.38. The molecule has 1 aromatic carbocycles. The number of benzene rings is 1. The van der Waals surface area contributed by atoms with E-state index in [0.717, 1.165) is 16.0 Å². The molecule has 0 saturated heterocycles. The third-order valence-corrected chi connectivity index (χ3v) is 4.01. The summed E-state index contributed by atoms with van der Waals surface area (Å²) in [7, 11) is 0. The predicted octanol–water partition coefficient (Wildman–Crippen LogP) is 3.89. The van der Waals surface area contributed by atoms with Crippen molar-refractivity contribution in [2.45, 2.75) is 13.8 Å². The Balaban J connectivity index is 2.25. The van der Waals surface area contributed by atoms with Crippen LogP contribution in [0.15, 0.2) is 22.6 Å². The summed E-state index contributed by atoms with van der Waals surface area (Å²) < 4.78 is 18.7. The van der Waals surface area contributed by atoms with E-state index in [0.29, 0.717) is 22.0 Å². The number of oxazole rings is 1. The van der Waals surface area contributed by atoms with E-state index in [1.807, 2.05) is 13.8 Å². The van der Waals surface area contributed by atoms with Gasteiger partial charge in [0.2, 0.25) is 5.89 Å². The molecule has 0 spiro atoms. The second-order valence-electron chi connectivity index (χ2n) is 4.15. The molecule has 0 aliphatic rings. The van der Waals surface area contributed by atoms with Crippen LogP contribution in [0.2, 0.25) is 0 Å². The number of nitrogens with two attached hydrogens (primary N) is 1. The molecular formula is C13H11FN2OS. The SMILES string of the molecule is Cc1sc(N)c(-c2nc3ccc(F)cc3o2)c1C. The Hall–Kier alpha value is -1.88. The Morgan fingerprint density at radius 2 is 2.11 bits per heavy atom. The zero-order chi connectivity index (χ0) is 12.9. The molecule has 2 N–H and O–H groups in total. The van der Waals surface area contributed by atoms with Crippen LogP contribution in [0.25, 0.3) is 22.6 Å². The number of hydrogen-bond acceptors (Lipinski definition) is 4. The number of hydrogen-bond donors (Lipinski definition) is 1. The Labute approximate surface area is 107 Å². The normalized spacial score (nSPS) is 11.3. The van der Waals surface area contributed by atoms with Crippen LogP contribution >= 0.6 is 11.3 Å². The molecule has 92 valence electrons. The average Bonchev–Trinajstić information content (AvgIpc) is 2.80. The summed E-state index contributed by atoms with van der Waals surface area (Å²) in [5.41, 5.74) is 8.92. The third-order valence-electron chi connectivity index (χ3n) is 2.98. The second kappa shape index (κ2) is 3.81. The lowest BCUT2D eigenvalue weighted by Crippen LogP contribution is -1.85. The molecule has 0 aliphatic carbocycles. The van der Waals surface area contributed by atoms with Crippen LogP contribution in [0.3, 0.4) is 0 Å². The van der Waals surface area contributed by atoms with Gasteiger partial charge in [-0.1, -0.05) is 0 Å². The first-order valence-electron chi connectivity index (χ1n) is 5.48. The molecule has 0 radical (unpaired) electrons. The molecule has 0 saturated carbocycles. The lowest BCUT2D eigenvalue weighted by Gasteiger charge is -1.95. The first-order chi connectivity index (χ1) is 8.56.